The Morgan fingerprint density at radius 2 is 1.94 bits per heavy atom. The number of aliphatic hydroxyl groups excluding tert-OH is 1. The Hall–Kier alpha value is -0.800. The summed E-state index contributed by atoms with van der Waals surface area (Å²) in [6.45, 7) is 7.80. The van der Waals surface area contributed by atoms with E-state index in [0.29, 0.717) is 18.2 Å². The van der Waals surface area contributed by atoms with Gasteiger partial charge in [0.05, 0.1) is 0 Å². The zero-order valence-corrected chi connectivity index (χ0v) is 10.5. The van der Waals surface area contributed by atoms with Crippen LogP contribution in [0, 0.1) is 12.8 Å². The van der Waals surface area contributed by atoms with Gasteiger partial charge < -0.3 is 14.8 Å². The molecule has 0 aliphatic rings. The molecule has 1 aromatic rings. The molecule has 0 bridgehead atoms. The van der Waals surface area contributed by atoms with Crippen LogP contribution in [0.5, 0.6) is 0 Å². The van der Waals surface area contributed by atoms with Crippen molar-refractivity contribution in [1.82, 2.24) is 5.32 Å². The summed E-state index contributed by atoms with van der Waals surface area (Å²) in [4.78, 5) is 0. The average molecular weight is 225 g/mol. The van der Waals surface area contributed by atoms with Gasteiger partial charge in [0.15, 0.2) is 0 Å². The molecule has 0 aliphatic heterocycles. The molecule has 1 unspecified atom stereocenters. The van der Waals surface area contributed by atoms with Crippen LogP contribution in [0.15, 0.2) is 16.5 Å². The van der Waals surface area contributed by atoms with Crippen molar-refractivity contribution in [2.24, 2.45) is 5.92 Å². The van der Waals surface area contributed by atoms with Gasteiger partial charge in [0, 0.05) is 6.54 Å². The first-order valence-electron chi connectivity index (χ1n) is 6.12. The minimum absolute atomic E-state index is 0.539. The van der Waals surface area contributed by atoms with E-state index in [-0.39, 0.29) is 0 Å². The van der Waals surface area contributed by atoms with Gasteiger partial charge in [0.25, 0.3) is 0 Å². The van der Waals surface area contributed by atoms with E-state index in [0.717, 1.165) is 12.3 Å². The standard InChI is InChI=1S/C13H23NO2/c1-4-11(5-2)8-14-9-12(15)13-7-6-10(3)16-13/h6-7,11-12,14-15H,4-5,8-9H2,1-3H3. The fourth-order valence-electron chi connectivity index (χ4n) is 1.73. The number of hydrogen-bond acceptors (Lipinski definition) is 3. The first kappa shape index (κ1) is 13.3. The summed E-state index contributed by atoms with van der Waals surface area (Å²) in [5.41, 5.74) is 0. The minimum atomic E-state index is -0.539. The smallest absolute Gasteiger partial charge is 0.133 e. The van der Waals surface area contributed by atoms with Gasteiger partial charge in [-0.3, -0.25) is 0 Å². The predicted octanol–water partition coefficient (Wildman–Crippen LogP) is 2.65. The lowest BCUT2D eigenvalue weighted by Gasteiger charge is -2.15. The lowest BCUT2D eigenvalue weighted by Crippen LogP contribution is -2.26. The van der Waals surface area contributed by atoms with E-state index in [1.807, 2.05) is 19.1 Å². The summed E-state index contributed by atoms with van der Waals surface area (Å²) in [6.07, 6.45) is 1.82. The Labute approximate surface area is 97.9 Å². The third-order valence-electron chi connectivity index (χ3n) is 3.01. The first-order chi connectivity index (χ1) is 7.67. The highest BCUT2D eigenvalue weighted by Crippen LogP contribution is 2.15. The van der Waals surface area contributed by atoms with E-state index in [4.69, 9.17) is 4.42 Å². The maximum absolute atomic E-state index is 9.84. The van der Waals surface area contributed by atoms with Gasteiger partial charge in [-0.2, -0.15) is 0 Å². The van der Waals surface area contributed by atoms with Gasteiger partial charge >= 0.3 is 0 Å². The first-order valence-corrected chi connectivity index (χ1v) is 6.12. The molecule has 16 heavy (non-hydrogen) atoms. The largest absolute Gasteiger partial charge is 0.464 e. The molecular formula is C13H23NO2. The predicted molar refractivity (Wildman–Crippen MR) is 65.3 cm³/mol. The van der Waals surface area contributed by atoms with Gasteiger partial charge in [0.1, 0.15) is 17.6 Å². The third-order valence-corrected chi connectivity index (χ3v) is 3.01. The zero-order chi connectivity index (χ0) is 12.0. The Morgan fingerprint density at radius 1 is 1.25 bits per heavy atom. The molecule has 1 rings (SSSR count). The van der Waals surface area contributed by atoms with Crippen molar-refractivity contribution in [1.29, 1.82) is 0 Å². The van der Waals surface area contributed by atoms with Crippen molar-refractivity contribution < 1.29 is 9.52 Å². The van der Waals surface area contributed by atoms with Crippen LogP contribution in [-0.4, -0.2) is 18.2 Å². The lowest BCUT2D eigenvalue weighted by atomic mass is 10.0. The molecule has 0 aliphatic carbocycles. The lowest BCUT2D eigenvalue weighted by molar-refractivity contribution is 0.144. The van der Waals surface area contributed by atoms with Gasteiger partial charge in [-0.05, 0) is 31.5 Å². The van der Waals surface area contributed by atoms with Gasteiger partial charge in [0.2, 0.25) is 0 Å². The van der Waals surface area contributed by atoms with Crippen LogP contribution in [0.2, 0.25) is 0 Å². The van der Waals surface area contributed by atoms with Gasteiger partial charge in [-0.25, -0.2) is 0 Å². The summed E-state index contributed by atoms with van der Waals surface area (Å²) in [7, 11) is 0. The van der Waals surface area contributed by atoms with Crippen LogP contribution in [0.4, 0.5) is 0 Å². The monoisotopic (exact) mass is 225 g/mol. The molecule has 0 saturated carbocycles. The maximum atomic E-state index is 9.84. The molecule has 0 aromatic carbocycles. The molecule has 0 radical (unpaired) electrons. The van der Waals surface area contributed by atoms with Crippen LogP contribution >= 0.6 is 0 Å². The molecule has 92 valence electrons. The zero-order valence-electron chi connectivity index (χ0n) is 10.5. The highest BCUT2D eigenvalue weighted by Gasteiger charge is 2.11. The van der Waals surface area contributed by atoms with Crippen molar-refractivity contribution >= 4 is 0 Å². The molecule has 0 spiro atoms. The molecule has 1 aromatic heterocycles. The van der Waals surface area contributed by atoms with Gasteiger partial charge in [-0.1, -0.05) is 26.7 Å². The normalized spacial score (nSPS) is 13.3. The second-order valence-electron chi connectivity index (χ2n) is 4.30. The maximum Gasteiger partial charge on any atom is 0.133 e. The number of aliphatic hydroxyl groups is 1. The Bertz CT molecular complexity index is 292. The minimum Gasteiger partial charge on any atom is -0.464 e. The van der Waals surface area contributed by atoms with Crippen molar-refractivity contribution in [3.8, 4) is 0 Å². The van der Waals surface area contributed by atoms with Crippen LogP contribution in [0.25, 0.3) is 0 Å². The number of hydrogen-bond donors (Lipinski definition) is 2. The Kier molecular flexibility index (Phi) is 5.56. The van der Waals surface area contributed by atoms with Crippen LogP contribution < -0.4 is 5.32 Å². The second-order valence-corrected chi connectivity index (χ2v) is 4.30. The molecule has 1 heterocycles. The molecule has 0 fully saturated rings. The van der Waals surface area contributed by atoms with Gasteiger partial charge in [-0.15, -0.1) is 0 Å². The summed E-state index contributed by atoms with van der Waals surface area (Å²) >= 11 is 0. The van der Waals surface area contributed by atoms with E-state index in [1.54, 1.807) is 0 Å². The van der Waals surface area contributed by atoms with E-state index >= 15 is 0 Å². The fraction of sp³-hybridized carbons (Fsp3) is 0.692. The van der Waals surface area contributed by atoms with E-state index < -0.39 is 6.10 Å². The highest BCUT2D eigenvalue weighted by atomic mass is 16.4. The van der Waals surface area contributed by atoms with Crippen LogP contribution in [-0.2, 0) is 0 Å². The number of furan rings is 1. The van der Waals surface area contributed by atoms with Crippen molar-refractivity contribution in [3.63, 3.8) is 0 Å². The second kappa shape index (κ2) is 6.71. The molecule has 2 N–H and O–H groups in total. The van der Waals surface area contributed by atoms with E-state index in [2.05, 4.69) is 19.2 Å². The van der Waals surface area contributed by atoms with Crippen molar-refractivity contribution in [2.75, 3.05) is 13.1 Å². The quantitative estimate of drug-likeness (QED) is 0.750. The SMILES string of the molecule is CCC(CC)CNCC(O)c1ccc(C)o1. The Balaban J connectivity index is 2.27. The summed E-state index contributed by atoms with van der Waals surface area (Å²) < 4.78 is 5.37. The van der Waals surface area contributed by atoms with Crippen molar-refractivity contribution in [2.45, 2.75) is 39.7 Å². The topological polar surface area (TPSA) is 45.4 Å². The van der Waals surface area contributed by atoms with E-state index in [9.17, 15) is 5.11 Å². The summed E-state index contributed by atoms with van der Waals surface area (Å²) in [6, 6.07) is 3.71. The molecule has 3 heteroatoms. The molecule has 3 nitrogen and oxygen atoms in total. The summed E-state index contributed by atoms with van der Waals surface area (Å²) in [5.74, 6) is 2.19. The van der Waals surface area contributed by atoms with E-state index in [1.165, 1.54) is 12.8 Å². The van der Waals surface area contributed by atoms with Crippen LogP contribution in [0.1, 0.15) is 44.3 Å². The number of nitrogens with one attached hydrogen (secondary N) is 1. The third kappa shape index (κ3) is 3.99. The molecular weight excluding hydrogens is 202 g/mol. The molecule has 1 atom stereocenters. The Morgan fingerprint density at radius 3 is 2.44 bits per heavy atom. The summed E-state index contributed by atoms with van der Waals surface area (Å²) in [5, 5.41) is 13.1. The fourth-order valence-corrected chi connectivity index (χ4v) is 1.73. The van der Waals surface area contributed by atoms with Crippen molar-refractivity contribution in [3.05, 3.63) is 23.7 Å². The molecule has 0 saturated heterocycles. The van der Waals surface area contributed by atoms with Crippen LogP contribution in [0.3, 0.4) is 0 Å². The average Bonchev–Trinajstić information content (AvgIpc) is 2.71. The molecule has 0 amide bonds. The number of rotatable bonds is 7. The number of aryl methyl sites for hydroxylation is 1. The highest BCUT2D eigenvalue weighted by molar-refractivity contribution is 5.08.